The lowest BCUT2D eigenvalue weighted by Crippen LogP contribution is -2.12. The molecule has 0 unspecified atom stereocenters. The van der Waals surface area contributed by atoms with Crippen LogP contribution in [-0.2, 0) is 59.5 Å². The van der Waals surface area contributed by atoms with Gasteiger partial charge in [-0.05, 0) is 36.4 Å². The highest BCUT2D eigenvalue weighted by Gasteiger charge is 2.30. The van der Waals surface area contributed by atoms with E-state index >= 15 is 0 Å². The molecule has 0 saturated carbocycles. The third kappa shape index (κ3) is 12.3. The summed E-state index contributed by atoms with van der Waals surface area (Å²) in [5.41, 5.74) is 6.80. The molecule has 32 heteroatoms. The lowest BCUT2D eigenvalue weighted by Gasteiger charge is -2.18. The zero-order chi connectivity index (χ0) is 57.0. The Bertz CT molecular complexity index is 3900. The molecular formula is C51H42N21O7PS3. The van der Waals surface area contributed by atoms with Crippen LogP contribution < -0.4 is 16.0 Å². The van der Waals surface area contributed by atoms with Crippen molar-refractivity contribution in [2.45, 2.75) is 20.2 Å². The van der Waals surface area contributed by atoms with E-state index in [4.69, 9.17) is 13.6 Å². The molecule has 28 nitrogen and oxygen atoms in total. The predicted octanol–water partition coefficient (Wildman–Crippen LogP) is 8.22. The van der Waals surface area contributed by atoms with Crippen molar-refractivity contribution in [2.24, 2.45) is 21.1 Å². The molecule has 0 fully saturated rings. The number of hydrogen-bond donors (Lipinski definition) is 3. The van der Waals surface area contributed by atoms with E-state index in [0.717, 1.165) is 0 Å². The largest absolute Gasteiger partial charge is 0.480 e. The molecule has 0 aliphatic rings. The Hall–Kier alpha value is -9.88. The second kappa shape index (κ2) is 23.3. The van der Waals surface area contributed by atoms with Crippen molar-refractivity contribution in [1.82, 2.24) is 88.6 Å². The standard InChI is InChI=1S/C51H42N21O7PS3/c1-67-22-37(43(64-67)34-10-4-7-13-52-34)58-46(73)40-25-81-49(61-40)31-16-55-70(19-31)28-77-80(76,78-29-71-20-32(17-56-71)50-62-41(26-82-50)47(74)59-38-23-68(2)65-44(38)35-11-5-8-14-53-35)79-30-72-21-33(18-57-72)51-63-42(27-83-51)48(75)60-39-24-69(3)66-45(39)36-12-6-9-15-54-36/h4-27H,28-30H2,1-3H3,(H,58,73)(H,59,74)(H,60,75). The van der Waals surface area contributed by atoms with E-state index in [9.17, 15) is 18.9 Å². The normalized spacial score (nSPS) is 11.6. The Morgan fingerprint density at radius 3 is 1.07 bits per heavy atom. The van der Waals surface area contributed by atoms with Crippen LogP contribution in [0, 0.1) is 0 Å². The maximum absolute atomic E-state index is 14.6. The molecule has 12 rings (SSSR count). The number of aryl methyl sites for hydroxylation is 3. The van der Waals surface area contributed by atoms with E-state index in [0.29, 0.717) is 82.9 Å². The summed E-state index contributed by atoms with van der Waals surface area (Å²) in [7, 11) is 0.721. The molecule has 3 amide bonds. The highest BCUT2D eigenvalue weighted by Crippen LogP contribution is 2.50. The van der Waals surface area contributed by atoms with Crippen molar-refractivity contribution < 1.29 is 32.5 Å². The molecule has 12 heterocycles. The van der Waals surface area contributed by atoms with Crippen LogP contribution in [0.4, 0.5) is 17.1 Å². The molecule has 0 atom stereocenters. The Morgan fingerprint density at radius 1 is 0.470 bits per heavy atom. The molecule has 0 saturated heterocycles. The number of nitrogens with one attached hydrogen (secondary N) is 3. The first-order valence-corrected chi connectivity index (χ1v) is 28.7. The number of carbonyl (C=O) groups excluding carboxylic acids is 3. The van der Waals surface area contributed by atoms with Crippen molar-refractivity contribution in [3.05, 3.63) is 162 Å². The highest BCUT2D eigenvalue weighted by atomic mass is 32.1. The maximum atomic E-state index is 14.6. The fourth-order valence-electron chi connectivity index (χ4n) is 8.04. The third-order valence-corrected chi connectivity index (χ3v) is 15.8. The van der Waals surface area contributed by atoms with Gasteiger partial charge in [-0.1, -0.05) is 18.2 Å². The Morgan fingerprint density at radius 2 is 0.783 bits per heavy atom. The summed E-state index contributed by atoms with van der Waals surface area (Å²) < 4.78 is 41.1. The fourth-order valence-corrected chi connectivity index (χ4v) is 11.4. The van der Waals surface area contributed by atoms with Crippen molar-refractivity contribution in [3.63, 3.8) is 0 Å². The van der Waals surface area contributed by atoms with E-state index in [1.807, 2.05) is 18.2 Å². The summed E-state index contributed by atoms with van der Waals surface area (Å²) in [4.78, 5) is 67.0. The first-order valence-electron chi connectivity index (χ1n) is 24.6. The minimum atomic E-state index is -4.52. The number of phosphoric acid groups is 1. The van der Waals surface area contributed by atoms with Crippen LogP contribution in [0.3, 0.4) is 0 Å². The smallest absolute Gasteiger partial charge is 0.317 e. The van der Waals surface area contributed by atoms with Gasteiger partial charge in [-0.25, -0.2) is 33.6 Å². The average molecular weight is 1190 g/mol. The number of carbonyl (C=O) groups is 3. The number of rotatable bonds is 21. The monoisotopic (exact) mass is 1190 g/mol. The molecule has 83 heavy (non-hydrogen) atoms. The van der Waals surface area contributed by atoms with E-state index in [2.05, 4.69) is 76.4 Å². The Labute approximate surface area is 480 Å². The minimum Gasteiger partial charge on any atom is -0.317 e. The van der Waals surface area contributed by atoms with Crippen molar-refractivity contribution in [3.8, 4) is 65.9 Å². The maximum Gasteiger partial charge on any atom is 0.480 e. The second-order valence-corrected chi connectivity index (χ2v) is 22.1. The molecular weight excluding hydrogens is 1150 g/mol. The van der Waals surface area contributed by atoms with Gasteiger partial charge in [-0.3, -0.25) is 57.0 Å². The summed E-state index contributed by atoms with van der Waals surface area (Å²) in [5.74, 6) is -1.36. The molecule has 416 valence electrons. The van der Waals surface area contributed by atoms with Gasteiger partial charge in [-0.15, -0.1) is 34.0 Å². The van der Waals surface area contributed by atoms with Gasteiger partial charge in [0.15, 0.2) is 20.2 Å². The summed E-state index contributed by atoms with van der Waals surface area (Å²) in [6.45, 7) is -1.25. The average Bonchev–Trinajstić information content (AvgIpc) is 4.53. The first-order chi connectivity index (χ1) is 40.3. The van der Waals surface area contributed by atoms with Gasteiger partial charge in [0.05, 0.1) is 52.7 Å². The van der Waals surface area contributed by atoms with Crippen LogP contribution in [0.25, 0.3) is 65.9 Å². The molecule has 12 aromatic heterocycles. The van der Waals surface area contributed by atoms with E-state index in [1.165, 1.54) is 66.6 Å². The number of phosphoric ester groups is 1. The van der Waals surface area contributed by atoms with Gasteiger partial charge in [0.2, 0.25) is 0 Å². The zero-order valence-electron chi connectivity index (χ0n) is 43.6. The van der Waals surface area contributed by atoms with E-state index < -0.39 is 45.7 Å². The van der Waals surface area contributed by atoms with Gasteiger partial charge in [0, 0.05) is 110 Å². The topological polar surface area (TPSA) is 316 Å². The SMILES string of the molecule is Cn1cc(NC(=O)c2csc(-c3cnn(COP(=O)(OCn4cc(-c5nc(C(=O)Nc6cn(C)nc6-c6ccccn6)cs5)cn4)OCn4cc(-c5nc(C(=O)Nc6cn(C)nc6-c6ccccn6)cs5)cn4)c3)n2)c(-c2ccccn2)n1. The quantitative estimate of drug-likeness (QED) is 0.0570. The van der Waals surface area contributed by atoms with Gasteiger partial charge in [-0.2, -0.15) is 30.6 Å². The number of hydrogen-bond acceptors (Lipinski definition) is 22. The van der Waals surface area contributed by atoms with E-state index in [-0.39, 0.29) is 17.1 Å². The first kappa shape index (κ1) is 53.7. The van der Waals surface area contributed by atoms with Gasteiger partial charge < -0.3 is 16.0 Å². The molecule has 0 bridgehead atoms. The summed E-state index contributed by atoms with van der Waals surface area (Å²) in [6, 6.07) is 16.3. The lowest BCUT2D eigenvalue weighted by molar-refractivity contribution is 0.0458. The molecule has 0 aliphatic carbocycles. The Balaban J connectivity index is 0.722. The van der Waals surface area contributed by atoms with Crippen LogP contribution >= 0.6 is 41.8 Å². The van der Waals surface area contributed by atoms with Crippen LogP contribution in [0.5, 0.6) is 0 Å². The molecule has 0 aliphatic heterocycles. The fraction of sp³-hybridized carbons (Fsp3) is 0.118. The second-order valence-electron chi connectivity index (χ2n) is 17.8. The zero-order valence-corrected chi connectivity index (χ0v) is 46.9. The molecule has 12 aromatic rings. The molecule has 0 spiro atoms. The number of thiazole rings is 3. The van der Waals surface area contributed by atoms with Crippen LogP contribution in [0.15, 0.2) is 145 Å². The minimum absolute atomic E-state index is 0.161. The number of aromatic nitrogens is 18. The number of nitrogens with zero attached hydrogens (tertiary/aromatic N) is 18. The highest BCUT2D eigenvalue weighted by molar-refractivity contribution is 7.48. The van der Waals surface area contributed by atoms with Gasteiger partial charge in [0.25, 0.3) is 17.7 Å². The van der Waals surface area contributed by atoms with E-state index in [1.54, 1.807) is 143 Å². The van der Waals surface area contributed by atoms with Crippen LogP contribution in [-0.4, -0.2) is 106 Å². The van der Waals surface area contributed by atoms with Crippen LogP contribution in [0.1, 0.15) is 31.5 Å². The van der Waals surface area contributed by atoms with Crippen molar-refractivity contribution in [1.29, 1.82) is 0 Å². The number of anilines is 3. The lowest BCUT2D eigenvalue weighted by atomic mass is 10.2. The summed E-state index contributed by atoms with van der Waals surface area (Å²) in [6.07, 6.45) is 19.3. The van der Waals surface area contributed by atoms with Crippen molar-refractivity contribution in [2.75, 3.05) is 16.0 Å². The van der Waals surface area contributed by atoms with Crippen LogP contribution in [0.2, 0.25) is 0 Å². The van der Waals surface area contributed by atoms with Gasteiger partial charge in [0.1, 0.15) is 49.2 Å². The molecule has 0 radical (unpaired) electrons. The van der Waals surface area contributed by atoms with Crippen molar-refractivity contribution >= 4 is 76.6 Å². The Kier molecular flexibility index (Phi) is 15.1. The number of amides is 3. The summed E-state index contributed by atoms with van der Waals surface area (Å²) in [5, 5.41) is 41.5. The predicted molar refractivity (Wildman–Crippen MR) is 304 cm³/mol. The number of pyridine rings is 3. The summed E-state index contributed by atoms with van der Waals surface area (Å²) >= 11 is 3.67. The molecule has 0 aromatic carbocycles. The van der Waals surface area contributed by atoms with Gasteiger partial charge >= 0.3 is 7.82 Å². The third-order valence-electron chi connectivity index (χ3n) is 11.8. The molecule has 3 N–H and O–H groups in total.